The van der Waals surface area contributed by atoms with Crippen LogP contribution >= 0.6 is 0 Å². The van der Waals surface area contributed by atoms with Crippen LogP contribution in [0, 0.1) is 19.8 Å². The van der Waals surface area contributed by atoms with E-state index < -0.39 is 28.5 Å². The zero-order valence-electron chi connectivity index (χ0n) is 27.8. The largest absolute Gasteiger partial charge is 0.492 e. The lowest BCUT2D eigenvalue weighted by molar-refractivity contribution is -0.140. The average molecular weight is 656 g/mol. The molecule has 2 amide bonds. The van der Waals surface area contributed by atoms with Gasteiger partial charge in [0.1, 0.15) is 18.3 Å². The molecule has 0 saturated carbocycles. The number of hydrogen-bond acceptors (Lipinski definition) is 5. The molecule has 4 rings (SSSR count). The third-order valence-electron chi connectivity index (χ3n) is 7.71. The molecule has 9 heteroatoms. The Hall–Kier alpha value is -4.63. The monoisotopic (exact) mass is 655 g/mol. The molecule has 0 aliphatic carbocycles. The summed E-state index contributed by atoms with van der Waals surface area (Å²) in [6, 6.07) is 29.7. The number of nitrogens with zero attached hydrogens (tertiary/aromatic N) is 2. The van der Waals surface area contributed by atoms with Crippen LogP contribution in [-0.4, -0.2) is 50.9 Å². The van der Waals surface area contributed by atoms with Crippen LogP contribution in [0.2, 0.25) is 0 Å². The summed E-state index contributed by atoms with van der Waals surface area (Å²) in [4.78, 5) is 30.2. The predicted octanol–water partition coefficient (Wildman–Crippen LogP) is 6.31. The zero-order chi connectivity index (χ0) is 34.0. The molecule has 1 N–H and O–H groups in total. The fraction of sp³-hybridized carbons (Fsp3) is 0.316. The lowest BCUT2D eigenvalue weighted by Gasteiger charge is -2.34. The van der Waals surface area contributed by atoms with Gasteiger partial charge in [-0.1, -0.05) is 104 Å². The van der Waals surface area contributed by atoms with Crippen LogP contribution in [-0.2, 0) is 32.6 Å². The van der Waals surface area contributed by atoms with E-state index in [-0.39, 0.29) is 35.4 Å². The molecule has 0 bridgehead atoms. The van der Waals surface area contributed by atoms with E-state index in [0.29, 0.717) is 18.9 Å². The first-order chi connectivity index (χ1) is 22.5. The van der Waals surface area contributed by atoms with Crippen molar-refractivity contribution in [1.29, 1.82) is 0 Å². The van der Waals surface area contributed by atoms with Crippen LogP contribution in [0.4, 0.5) is 5.69 Å². The van der Waals surface area contributed by atoms with Crippen LogP contribution in [0.1, 0.15) is 43.0 Å². The first-order valence-corrected chi connectivity index (χ1v) is 17.4. The van der Waals surface area contributed by atoms with Crippen molar-refractivity contribution in [1.82, 2.24) is 10.2 Å². The number of rotatable bonds is 15. The Bertz CT molecular complexity index is 1740. The van der Waals surface area contributed by atoms with Crippen molar-refractivity contribution in [3.8, 4) is 5.75 Å². The Morgan fingerprint density at radius 1 is 0.809 bits per heavy atom. The fourth-order valence-corrected chi connectivity index (χ4v) is 6.70. The Morgan fingerprint density at radius 2 is 1.47 bits per heavy atom. The van der Waals surface area contributed by atoms with Gasteiger partial charge in [-0.25, -0.2) is 8.42 Å². The number of para-hydroxylation sites is 2. The summed E-state index contributed by atoms with van der Waals surface area (Å²) in [6.07, 6.45) is 0.253. The number of hydrogen-bond donors (Lipinski definition) is 1. The first kappa shape index (κ1) is 35.2. The van der Waals surface area contributed by atoms with E-state index in [1.54, 1.807) is 36.4 Å². The topological polar surface area (TPSA) is 96.0 Å². The molecule has 0 aromatic heterocycles. The molecule has 0 aliphatic rings. The maximum Gasteiger partial charge on any atom is 0.264 e. The van der Waals surface area contributed by atoms with Gasteiger partial charge in [0.25, 0.3) is 10.0 Å². The standard InChI is InChI=1S/C38H45N3O5S/c1-6-46-36-18-11-10-17-34(36)41(47(44,45)33-21-19-29(4)20-22-33)27-37(42)40(26-32-16-12-13-30(5)23-32)35(38(43)39-25-28(2)3)24-31-14-8-7-9-15-31/h7-23,28,35H,6,24-27H2,1-5H3,(H,39,43)/t35-/m0/s1. The molecule has 0 heterocycles. The normalized spacial score (nSPS) is 12.0. The smallest absolute Gasteiger partial charge is 0.264 e. The van der Waals surface area contributed by atoms with Crippen molar-refractivity contribution in [3.63, 3.8) is 0 Å². The van der Waals surface area contributed by atoms with Crippen LogP contribution in [0.15, 0.2) is 108 Å². The van der Waals surface area contributed by atoms with E-state index >= 15 is 0 Å². The minimum atomic E-state index is -4.24. The molecular weight excluding hydrogens is 611 g/mol. The Balaban J connectivity index is 1.83. The number of sulfonamides is 1. The van der Waals surface area contributed by atoms with Crippen LogP contribution in [0.25, 0.3) is 0 Å². The van der Waals surface area contributed by atoms with E-state index in [9.17, 15) is 18.0 Å². The van der Waals surface area contributed by atoms with Crippen LogP contribution < -0.4 is 14.4 Å². The molecule has 8 nitrogen and oxygen atoms in total. The summed E-state index contributed by atoms with van der Waals surface area (Å²) in [7, 11) is -4.24. The first-order valence-electron chi connectivity index (χ1n) is 16.0. The van der Waals surface area contributed by atoms with Crippen molar-refractivity contribution in [2.45, 2.75) is 58.5 Å². The van der Waals surface area contributed by atoms with Crippen molar-refractivity contribution in [3.05, 3.63) is 125 Å². The number of anilines is 1. The number of carbonyl (C=O) groups is 2. The van der Waals surface area contributed by atoms with Gasteiger partial charge in [0.2, 0.25) is 11.8 Å². The maximum atomic E-state index is 14.7. The Morgan fingerprint density at radius 3 is 2.13 bits per heavy atom. The molecule has 248 valence electrons. The van der Waals surface area contributed by atoms with E-state index in [2.05, 4.69) is 5.32 Å². The van der Waals surface area contributed by atoms with E-state index in [1.165, 1.54) is 17.0 Å². The minimum Gasteiger partial charge on any atom is -0.492 e. The van der Waals surface area contributed by atoms with E-state index in [1.807, 2.05) is 89.2 Å². The number of ether oxygens (including phenoxy) is 1. The SMILES string of the molecule is CCOc1ccccc1N(CC(=O)N(Cc1cccc(C)c1)[C@@H](Cc1ccccc1)C(=O)NCC(C)C)S(=O)(=O)c1ccc(C)cc1. The van der Waals surface area contributed by atoms with Crippen LogP contribution in [0.3, 0.4) is 0 Å². The van der Waals surface area contributed by atoms with Crippen molar-refractivity contribution < 1.29 is 22.7 Å². The molecule has 0 radical (unpaired) electrons. The summed E-state index contributed by atoms with van der Waals surface area (Å²) in [5.74, 6) is -0.290. The van der Waals surface area contributed by atoms with Crippen molar-refractivity contribution in [2.75, 3.05) is 24.0 Å². The number of nitrogens with one attached hydrogen (secondary N) is 1. The number of carbonyl (C=O) groups excluding carboxylic acids is 2. The van der Waals surface area contributed by atoms with Gasteiger partial charge in [0, 0.05) is 19.5 Å². The molecule has 0 unspecified atom stereocenters. The number of aryl methyl sites for hydroxylation is 2. The summed E-state index contributed by atoms with van der Waals surface area (Å²) in [6.45, 7) is 9.97. The number of amides is 2. The summed E-state index contributed by atoms with van der Waals surface area (Å²) < 4.78 is 35.6. The third-order valence-corrected chi connectivity index (χ3v) is 9.49. The van der Waals surface area contributed by atoms with Crippen molar-refractivity contribution in [2.24, 2.45) is 5.92 Å². The van der Waals surface area contributed by atoms with Gasteiger partial charge in [-0.3, -0.25) is 13.9 Å². The van der Waals surface area contributed by atoms with Gasteiger partial charge < -0.3 is 15.0 Å². The molecule has 0 aliphatic heterocycles. The highest BCUT2D eigenvalue weighted by Crippen LogP contribution is 2.33. The summed E-state index contributed by atoms with van der Waals surface area (Å²) >= 11 is 0. The van der Waals surface area contributed by atoms with Crippen molar-refractivity contribution >= 4 is 27.5 Å². The highest BCUT2D eigenvalue weighted by molar-refractivity contribution is 7.92. The second-order valence-electron chi connectivity index (χ2n) is 12.1. The lowest BCUT2D eigenvalue weighted by atomic mass is 10.0. The van der Waals surface area contributed by atoms with E-state index in [4.69, 9.17) is 4.74 Å². The minimum absolute atomic E-state index is 0.0444. The van der Waals surface area contributed by atoms with Gasteiger partial charge in [-0.05, 0) is 62.1 Å². The average Bonchev–Trinajstić information content (AvgIpc) is 3.05. The highest BCUT2D eigenvalue weighted by atomic mass is 32.2. The molecule has 0 fully saturated rings. The second kappa shape index (κ2) is 16.3. The molecule has 0 saturated heterocycles. The zero-order valence-corrected chi connectivity index (χ0v) is 28.7. The molecule has 4 aromatic carbocycles. The molecule has 4 aromatic rings. The number of benzene rings is 4. The van der Waals surface area contributed by atoms with Gasteiger partial charge in [-0.2, -0.15) is 0 Å². The fourth-order valence-electron chi connectivity index (χ4n) is 5.28. The summed E-state index contributed by atoms with van der Waals surface area (Å²) in [5, 5.41) is 3.02. The Labute approximate surface area is 279 Å². The quantitative estimate of drug-likeness (QED) is 0.162. The molecule has 47 heavy (non-hydrogen) atoms. The lowest BCUT2D eigenvalue weighted by Crippen LogP contribution is -2.53. The second-order valence-corrected chi connectivity index (χ2v) is 13.9. The van der Waals surface area contributed by atoms with Crippen LogP contribution in [0.5, 0.6) is 5.75 Å². The third kappa shape index (κ3) is 9.45. The molecular formula is C38H45N3O5S. The van der Waals surface area contributed by atoms with Gasteiger partial charge in [0.15, 0.2) is 0 Å². The van der Waals surface area contributed by atoms with E-state index in [0.717, 1.165) is 26.6 Å². The van der Waals surface area contributed by atoms with Gasteiger partial charge in [0.05, 0.1) is 17.2 Å². The van der Waals surface area contributed by atoms with Gasteiger partial charge >= 0.3 is 0 Å². The predicted molar refractivity (Wildman–Crippen MR) is 187 cm³/mol. The molecule has 0 spiro atoms. The Kier molecular flexibility index (Phi) is 12.2. The molecule has 1 atom stereocenters. The van der Waals surface area contributed by atoms with Gasteiger partial charge in [-0.15, -0.1) is 0 Å². The maximum absolute atomic E-state index is 14.7. The highest BCUT2D eigenvalue weighted by Gasteiger charge is 2.35. The summed E-state index contributed by atoms with van der Waals surface area (Å²) in [5.41, 5.74) is 3.86.